The Bertz CT molecular complexity index is 795. The Morgan fingerprint density at radius 3 is 2.73 bits per heavy atom. The zero-order valence-electron chi connectivity index (χ0n) is 12.7. The Balaban J connectivity index is 2.11. The molecule has 2 aromatic rings. The predicted molar refractivity (Wildman–Crippen MR) is 83.4 cm³/mol. The first-order valence-electron chi connectivity index (χ1n) is 7.48. The third kappa shape index (κ3) is 2.50. The van der Waals surface area contributed by atoms with Gasteiger partial charge in [-0.3, -0.25) is 14.3 Å². The number of nitrogens with zero attached hydrogens (tertiary/aromatic N) is 3. The molecule has 0 atom stereocenters. The number of benzene rings is 1. The van der Waals surface area contributed by atoms with Crippen molar-refractivity contribution in [1.29, 1.82) is 0 Å². The minimum atomic E-state index is -1.03. The molecule has 1 aliphatic heterocycles. The highest BCUT2D eigenvalue weighted by Gasteiger charge is 2.19. The average Bonchev–Trinajstić information content (AvgIpc) is 2.70. The standard InChI is InChI=1S/C16H19N3O3/c1-10(2)18-6-5-14-17-13-4-3-11(16(21)22)9-12(13)15(20)19(14)8-7-18/h3-4,9-10H,5-8H2,1-2H3,(H,21,22). The van der Waals surface area contributed by atoms with Crippen LogP contribution in [0.2, 0.25) is 0 Å². The van der Waals surface area contributed by atoms with Crippen molar-refractivity contribution in [1.82, 2.24) is 14.5 Å². The predicted octanol–water partition coefficient (Wildman–Crippen LogP) is 1.36. The summed E-state index contributed by atoms with van der Waals surface area (Å²) in [6.07, 6.45) is 0.726. The average molecular weight is 301 g/mol. The van der Waals surface area contributed by atoms with Crippen LogP contribution in [0.25, 0.3) is 10.9 Å². The lowest BCUT2D eigenvalue weighted by atomic mass is 10.1. The Labute approximate surface area is 128 Å². The van der Waals surface area contributed by atoms with Crippen LogP contribution >= 0.6 is 0 Å². The smallest absolute Gasteiger partial charge is 0.335 e. The van der Waals surface area contributed by atoms with Gasteiger partial charge in [0.1, 0.15) is 5.82 Å². The molecule has 0 unspecified atom stereocenters. The summed E-state index contributed by atoms with van der Waals surface area (Å²) in [5.74, 6) is -0.254. The highest BCUT2D eigenvalue weighted by molar-refractivity contribution is 5.92. The Morgan fingerprint density at radius 2 is 2.05 bits per heavy atom. The third-order valence-corrected chi connectivity index (χ3v) is 4.24. The van der Waals surface area contributed by atoms with Crippen molar-refractivity contribution >= 4 is 16.9 Å². The molecule has 1 aliphatic rings. The molecule has 6 heteroatoms. The van der Waals surface area contributed by atoms with Crippen LogP contribution in [0.3, 0.4) is 0 Å². The molecule has 0 amide bonds. The number of aromatic carboxylic acids is 1. The van der Waals surface area contributed by atoms with E-state index in [0.717, 1.165) is 25.3 Å². The number of aromatic nitrogens is 2. The topological polar surface area (TPSA) is 75.4 Å². The largest absolute Gasteiger partial charge is 0.478 e. The van der Waals surface area contributed by atoms with Gasteiger partial charge in [0.05, 0.1) is 16.5 Å². The van der Waals surface area contributed by atoms with Crippen molar-refractivity contribution in [3.8, 4) is 0 Å². The van der Waals surface area contributed by atoms with Gasteiger partial charge in [0.25, 0.3) is 5.56 Å². The van der Waals surface area contributed by atoms with Gasteiger partial charge in [-0.05, 0) is 32.0 Å². The summed E-state index contributed by atoms with van der Waals surface area (Å²) in [6.45, 7) is 6.55. The Kier molecular flexibility index (Phi) is 3.70. The summed E-state index contributed by atoms with van der Waals surface area (Å²) in [7, 11) is 0. The lowest BCUT2D eigenvalue weighted by Gasteiger charge is -2.23. The fourth-order valence-electron chi connectivity index (χ4n) is 2.92. The van der Waals surface area contributed by atoms with Crippen LogP contribution in [-0.2, 0) is 13.0 Å². The zero-order chi connectivity index (χ0) is 15.9. The maximum atomic E-state index is 12.7. The molecule has 3 rings (SSSR count). The van der Waals surface area contributed by atoms with Crippen molar-refractivity contribution in [2.45, 2.75) is 32.9 Å². The molecule has 2 heterocycles. The highest BCUT2D eigenvalue weighted by atomic mass is 16.4. The maximum absolute atomic E-state index is 12.7. The second-order valence-electron chi connectivity index (χ2n) is 5.90. The first-order chi connectivity index (χ1) is 10.5. The van der Waals surface area contributed by atoms with Crippen LogP contribution in [0.4, 0.5) is 0 Å². The van der Waals surface area contributed by atoms with Crippen LogP contribution < -0.4 is 5.56 Å². The number of hydrogen-bond donors (Lipinski definition) is 1. The number of hydrogen-bond acceptors (Lipinski definition) is 4. The van der Waals surface area contributed by atoms with E-state index in [1.54, 1.807) is 10.6 Å². The molecule has 0 saturated heterocycles. The molecular formula is C16H19N3O3. The molecule has 116 valence electrons. The van der Waals surface area contributed by atoms with Gasteiger partial charge in [-0.25, -0.2) is 9.78 Å². The van der Waals surface area contributed by atoms with Crippen molar-refractivity contribution in [3.05, 3.63) is 39.9 Å². The summed E-state index contributed by atoms with van der Waals surface area (Å²) >= 11 is 0. The van der Waals surface area contributed by atoms with Crippen LogP contribution in [0, 0.1) is 0 Å². The van der Waals surface area contributed by atoms with Gasteiger partial charge in [-0.1, -0.05) is 0 Å². The summed E-state index contributed by atoms with van der Waals surface area (Å²) in [5.41, 5.74) is 0.539. The Morgan fingerprint density at radius 1 is 1.27 bits per heavy atom. The lowest BCUT2D eigenvalue weighted by molar-refractivity contribution is 0.0697. The van der Waals surface area contributed by atoms with E-state index in [4.69, 9.17) is 5.11 Å². The maximum Gasteiger partial charge on any atom is 0.335 e. The number of fused-ring (bicyclic) bond motifs is 2. The van der Waals surface area contributed by atoms with E-state index in [9.17, 15) is 9.59 Å². The van der Waals surface area contributed by atoms with Gasteiger partial charge in [0, 0.05) is 32.1 Å². The quantitative estimate of drug-likeness (QED) is 0.906. The molecule has 0 bridgehead atoms. The molecule has 0 aliphatic carbocycles. The van der Waals surface area contributed by atoms with Gasteiger partial charge in [-0.2, -0.15) is 0 Å². The summed E-state index contributed by atoms with van der Waals surface area (Å²) < 4.78 is 1.69. The first kappa shape index (κ1) is 14.7. The van der Waals surface area contributed by atoms with E-state index >= 15 is 0 Å². The van der Waals surface area contributed by atoms with Crippen LogP contribution in [-0.4, -0.2) is 44.7 Å². The fraction of sp³-hybridized carbons (Fsp3) is 0.438. The fourth-order valence-corrected chi connectivity index (χ4v) is 2.92. The van der Waals surface area contributed by atoms with E-state index in [1.165, 1.54) is 12.1 Å². The third-order valence-electron chi connectivity index (χ3n) is 4.24. The second kappa shape index (κ2) is 5.53. The van der Waals surface area contributed by atoms with Gasteiger partial charge in [-0.15, -0.1) is 0 Å². The first-order valence-corrected chi connectivity index (χ1v) is 7.48. The Hall–Kier alpha value is -2.21. The van der Waals surface area contributed by atoms with Crippen LogP contribution in [0.5, 0.6) is 0 Å². The lowest BCUT2D eigenvalue weighted by Crippen LogP contribution is -2.34. The number of rotatable bonds is 2. The van der Waals surface area contributed by atoms with Gasteiger partial charge < -0.3 is 5.11 Å². The zero-order valence-corrected chi connectivity index (χ0v) is 12.7. The molecule has 1 aromatic carbocycles. The molecular weight excluding hydrogens is 282 g/mol. The highest BCUT2D eigenvalue weighted by Crippen LogP contribution is 2.14. The second-order valence-corrected chi connectivity index (χ2v) is 5.90. The van der Waals surface area contributed by atoms with E-state index in [2.05, 4.69) is 23.7 Å². The van der Waals surface area contributed by atoms with E-state index in [1.807, 2.05) is 0 Å². The molecule has 0 saturated carbocycles. The summed E-state index contributed by atoms with van der Waals surface area (Å²) in [5, 5.41) is 9.46. The van der Waals surface area contributed by atoms with Crippen LogP contribution in [0.1, 0.15) is 30.0 Å². The molecule has 1 N–H and O–H groups in total. The number of carboxylic acids is 1. The molecule has 1 aromatic heterocycles. The van der Waals surface area contributed by atoms with Gasteiger partial charge >= 0.3 is 5.97 Å². The molecule has 6 nitrogen and oxygen atoms in total. The normalized spacial score (nSPS) is 15.8. The van der Waals surface area contributed by atoms with Crippen molar-refractivity contribution < 1.29 is 9.90 Å². The van der Waals surface area contributed by atoms with E-state index in [-0.39, 0.29) is 11.1 Å². The van der Waals surface area contributed by atoms with Crippen molar-refractivity contribution in [3.63, 3.8) is 0 Å². The minimum Gasteiger partial charge on any atom is -0.478 e. The van der Waals surface area contributed by atoms with E-state index < -0.39 is 5.97 Å². The number of carboxylic acid groups (broad SMARTS) is 1. The molecule has 0 fully saturated rings. The molecule has 0 spiro atoms. The van der Waals surface area contributed by atoms with Crippen molar-refractivity contribution in [2.75, 3.05) is 13.1 Å². The summed E-state index contributed by atoms with van der Waals surface area (Å²) in [4.78, 5) is 30.7. The van der Waals surface area contributed by atoms with Crippen LogP contribution in [0.15, 0.2) is 23.0 Å². The molecule has 0 radical (unpaired) electrons. The van der Waals surface area contributed by atoms with Gasteiger partial charge in [0.2, 0.25) is 0 Å². The van der Waals surface area contributed by atoms with Crippen molar-refractivity contribution in [2.24, 2.45) is 0 Å². The minimum absolute atomic E-state index is 0.115. The molecule has 22 heavy (non-hydrogen) atoms. The van der Waals surface area contributed by atoms with E-state index in [0.29, 0.717) is 23.5 Å². The SMILES string of the molecule is CC(C)N1CCc2nc3ccc(C(=O)O)cc3c(=O)n2CC1. The summed E-state index contributed by atoms with van der Waals surface area (Å²) in [6, 6.07) is 4.96. The van der Waals surface area contributed by atoms with Gasteiger partial charge in [0.15, 0.2) is 0 Å². The number of carbonyl (C=O) groups is 1. The monoisotopic (exact) mass is 301 g/mol.